The second kappa shape index (κ2) is 7.04. The van der Waals surface area contributed by atoms with Crippen LogP contribution in [-0.2, 0) is 21.2 Å². The fraction of sp³-hybridized carbons (Fsp3) is 0.118. The number of rotatable bonds is 5. The molecule has 0 amide bonds. The van der Waals surface area contributed by atoms with E-state index in [4.69, 9.17) is 9.15 Å². The number of esters is 1. The van der Waals surface area contributed by atoms with Crippen LogP contribution in [0.15, 0.2) is 57.8 Å². The lowest BCUT2D eigenvalue weighted by Crippen LogP contribution is -2.07. The minimum Gasteiger partial charge on any atom is -0.452 e. The molecule has 0 aliphatic heterocycles. The molecule has 3 aromatic rings. The largest absolute Gasteiger partial charge is 0.452 e. The number of ether oxygens (including phenoxy) is 1. The molecule has 0 aliphatic carbocycles. The summed E-state index contributed by atoms with van der Waals surface area (Å²) in [6, 6.07) is 11.0. The first-order valence-corrected chi connectivity index (χ1v) is 9.27. The van der Waals surface area contributed by atoms with Crippen LogP contribution in [-0.4, -0.2) is 30.8 Å². The Morgan fingerprint density at radius 2 is 1.88 bits per heavy atom. The molecule has 7 nitrogen and oxygen atoms in total. The molecule has 0 fully saturated rings. The molecule has 0 aliphatic rings. The third-order valence-electron chi connectivity index (χ3n) is 3.38. The maximum atomic E-state index is 12.9. The Kier molecular flexibility index (Phi) is 4.81. The maximum Gasteiger partial charge on any atom is 0.338 e. The van der Waals surface area contributed by atoms with Crippen LogP contribution < -0.4 is 0 Å². The van der Waals surface area contributed by atoms with Crippen molar-refractivity contribution >= 4 is 15.8 Å². The summed E-state index contributed by atoms with van der Waals surface area (Å²) in [5.74, 6) is -0.900. The molecule has 0 bridgehead atoms. The molecular formula is C17H13FN2O5S. The molecule has 0 spiro atoms. The van der Waals surface area contributed by atoms with Gasteiger partial charge in [0.15, 0.2) is 16.4 Å². The molecule has 0 saturated heterocycles. The molecule has 0 unspecified atom stereocenters. The Bertz CT molecular complexity index is 1050. The van der Waals surface area contributed by atoms with Crippen molar-refractivity contribution in [3.05, 3.63) is 65.8 Å². The lowest BCUT2D eigenvalue weighted by Gasteiger charge is -2.04. The van der Waals surface area contributed by atoms with Gasteiger partial charge in [0, 0.05) is 11.8 Å². The first-order valence-electron chi connectivity index (χ1n) is 7.38. The van der Waals surface area contributed by atoms with Crippen LogP contribution in [0.25, 0.3) is 11.5 Å². The Morgan fingerprint density at radius 3 is 2.58 bits per heavy atom. The van der Waals surface area contributed by atoms with Crippen LogP contribution in [0.1, 0.15) is 16.2 Å². The van der Waals surface area contributed by atoms with E-state index in [2.05, 4.69) is 10.2 Å². The van der Waals surface area contributed by atoms with Crippen molar-refractivity contribution in [1.29, 1.82) is 0 Å². The molecule has 26 heavy (non-hydrogen) atoms. The SMILES string of the molecule is CS(=O)(=O)c1cccc(C(=O)OCc2nnc(-c3ccc(F)cc3)o2)c1. The van der Waals surface area contributed by atoms with Crippen molar-refractivity contribution in [1.82, 2.24) is 10.2 Å². The molecule has 9 heteroatoms. The number of sulfone groups is 1. The van der Waals surface area contributed by atoms with Gasteiger partial charge in [0.05, 0.1) is 10.5 Å². The fourth-order valence-electron chi connectivity index (χ4n) is 2.09. The van der Waals surface area contributed by atoms with E-state index in [-0.39, 0.29) is 28.8 Å². The summed E-state index contributed by atoms with van der Waals surface area (Å²) in [6.07, 6.45) is 1.05. The van der Waals surface area contributed by atoms with Gasteiger partial charge in [0.25, 0.3) is 5.89 Å². The number of carbonyl (C=O) groups excluding carboxylic acids is 1. The van der Waals surface area contributed by atoms with Crippen LogP contribution in [0.3, 0.4) is 0 Å². The molecule has 3 rings (SSSR count). The van der Waals surface area contributed by atoms with Gasteiger partial charge in [-0.3, -0.25) is 0 Å². The van der Waals surface area contributed by atoms with Gasteiger partial charge in [-0.1, -0.05) is 6.07 Å². The predicted molar refractivity (Wildman–Crippen MR) is 88.4 cm³/mol. The quantitative estimate of drug-likeness (QED) is 0.631. The van der Waals surface area contributed by atoms with E-state index in [9.17, 15) is 17.6 Å². The Labute approximate surface area is 148 Å². The highest BCUT2D eigenvalue weighted by Crippen LogP contribution is 2.19. The number of aromatic nitrogens is 2. The zero-order valence-corrected chi connectivity index (χ0v) is 14.4. The first kappa shape index (κ1) is 17.7. The van der Waals surface area contributed by atoms with Crippen LogP contribution in [0, 0.1) is 5.82 Å². The van der Waals surface area contributed by atoms with Crippen molar-refractivity contribution in [3.63, 3.8) is 0 Å². The number of halogens is 1. The summed E-state index contributed by atoms with van der Waals surface area (Å²) in [5.41, 5.74) is 0.614. The van der Waals surface area contributed by atoms with E-state index in [1.165, 1.54) is 48.5 Å². The third kappa shape index (κ3) is 4.12. The van der Waals surface area contributed by atoms with Crippen molar-refractivity contribution in [2.75, 3.05) is 6.26 Å². The van der Waals surface area contributed by atoms with Crippen LogP contribution in [0.2, 0.25) is 0 Å². The van der Waals surface area contributed by atoms with Gasteiger partial charge >= 0.3 is 5.97 Å². The average Bonchev–Trinajstić information content (AvgIpc) is 3.08. The van der Waals surface area contributed by atoms with Gasteiger partial charge in [0.1, 0.15) is 5.82 Å². The van der Waals surface area contributed by atoms with Crippen molar-refractivity contribution < 1.29 is 26.8 Å². The summed E-state index contributed by atoms with van der Waals surface area (Å²) in [6.45, 7) is -0.282. The Morgan fingerprint density at radius 1 is 1.15 bits per heavy atom. The van der Waals surface area contributed by atoms with Crippen molar-refractivity contribution in [2.45, 2.75) is 11.5 Å². The first-order chi connectivity index (χ1) is 12.3. The number of carbonyl (C=O) groups is 1. The summed E-state index contributed by atoms with van der Waals surface area (Å²) in [5, 5.41) is 7.56. The van der Waals surface area contributed by atoms with Gasteiger partial charge < -0.3 is 9.15 Å². The minimum absolute atomic E-state index is 0.0170. The maximum absolute atomic E-state index is 12.9. The molecule has 0 radical (unpaired) electrons. The van der Waals surface area contributed by atoms with E-state index >= 15 is 0 Å². The zero-order chi connectivity index (χ0) is 18.7. The van der Waals surface area contributed by atoms with Gasteiger partial charge in [0.2, 0.25) is 5.89 Å². The number of hydrogen-bond acceptors (Lipinski definition) is 7. The van der Waals surface area contributed by atoms with E-state index in [1.54, 1.807) is 0 Å². The third-order valence-corrected chi connectivity index (χ3v) is 4.49. The molecule has 1 aromatic heterocycles. The lowest BCUT2D eigenvalue weighted by atomic mass is 10.2. The molecule has 134 valence electrons. The highest BCUT2D eigenvalue weighted by molar-refractivity contribution is 7.90. The molecular weight excluding hydrogens is 363 g/mol. The van der Waals surface area contributed by atoms with Crippen molar-refractivity contribution in [3.8, 4) is 11.5 Å². The van der Waals surface area contributed by atoms with Gasteiger partial charge in [-0.05, 0) is 42.5 Å². The zero-order valence-electron chi connectivity index (χ0n) is 13.5. The summed E-state index contributed by atoms with van der Waals surface area (Å²) >= 11 is 0. The highest BCUT2D eigenvalue weighted by Gasteiger charge is 2.15. The Hall–Kier alpha value is -3.07. The van der Waals surface area contributed by atoms with E-state index in [1.807, 2.05) is 0 Å². The topological polar surface area (TPSA) is 99.4 Å². The second-order valence-corrected chi connectivity index (χ2v) is 7.40. The molecule has 0 saturated carbocycles. The van der Waals surface area contributed by atoms with Gasteiger partial charge in [-0.15, -0.1) is 10.2 Å². The minimum atomic E-state index is -3.43. The predicted octanol–water partition coefficient (Wildman–Crippen LogP) is 2.64. The molecule has 2 aromatic carbocycles. The van der Waals surface area contributed by atoms with E-state index in [0.29, 0.717) is 5.56 Å². The average molecular weight is 376 g/mol. The second-order valence-electron chi connectivity index (χ2n) is 5.38. The van der Waals surface area contributed by atoms with Crippen molar-refractivity contribution in [2.24, 2.45) is 0 Å². The smallest absolute Gasteiger partial charge is 0.338 e. The highest BCUT2D eigenvalue weighted by atomic mass is 32.2. The number of hydrogen-bond donors (Lipinski definition) is 0. The molecule has 0 atom stereocenters. The molecule has 1 heterocycles. The standard InChI is InChI=1S/C17H13FN2O5S/c1-26(22,23)14-4-2-3-12(9-14)17(21)24-10-15-19-20-16(25-15)11-5-7-13(18)8-6-11/h2-9H,10H2,1H3. The summed E-state index contributed by atoms with van der Waals surface area (Å²) in [4.78, 5) is 12.1. The fourth-order valence-corrected chi connectivity index (χ4v) is 2.75. The van der Waals surface area contributed by atoms with Crippen LogP contribution in [0.5, 0.6) is 0 Å². The summed E-state index contributed by atoms with van der Waals surface area (Å²) in [7, 11) is -3.43. The van der Waals surface area contributed by atoms with E-state index < -0.39 is 21.6 Å². The monoisotopic (exact) mass is 376 g/mol. The van der Waals surface area contributed by atoms with Gasteiger partial charge in [-0.25, -0.2) is 17.6 Å². The number of nitrogens with zero attached hydrogens (tertiary/aromatic N) is 2. The Balaban J connectivity index is 1.68. The molecule has 0 N–H and O–H groups in total. The van der Waals surface area contributed by atoms with E-state index in [0.717, 1.165) is 6.26 Å². The number of benzene rings is 2. The normalized spacial score (nSPS) is 11.3. The lowest BCUT2D eigenvalue weighted by molar-refractivity contribution is 0.0438. The van der Waals surface area contributed by atoms with Gasteiger partial charge in [-0.2, -0.15) is 0 Å². The van der Waals surface area contributed by atoms with Crippen LogP contribution in [0.4, 0.5) is 4.39 Å². The van der Waals surface area contributed by atoms with Crippen LogP contribution >= 0.6 is 0 Å². The summed E-state index contributed by atoms with van der Waals surface area (Å²) < 4.78 is 46.4.